The predicted octanol–water partition coefficient (Wildman–Crippen LogP) is 2.50. The van der Waals surface area contributed by atoms with Gasteiger partial charge in [-0.15, -0.1) is 0 Å². The summed E-state index contributed by atoms with van der Waals surface area (Å²) < 4.78 is 10.1. The number of furan rings is 1. The van der Waals surface area contributed by atoms with E-state index in [0.29, 0.717) is 6.54 Å². The fourth-order valence-corrected chi connectivity index (χ4v) is 1.35. The van der Waals surface area contributed by atoms with Crippen molar-refractivity contribution in [3.05, 3.63) is 35.5 Å². The standard InChI is InChI=1S/C10H12N2O2/c1-7-5-9(8(2)14-7)6-11-10-3-4-13-12-10/h3-5H,6H2,1-2H3,(H,11,12). The second-order valence-corrected chi connectivity index (χ2v) is 3.18. The van der Waals surface area contributed by atoms with Crippen LogP contribution >= 0.6 is 0 Å². The summed E-state index contributed by atoms with van der Waals surface area (Å²) in [6.07, 6.45) is 1.54. The van der Waals surface area contributed by atoms with Crippen LogP contribution in [0.1, 0.15) is 17.1 Å². The molecular weight excluding hydrogens is 180 g/mol. The highest BCUT2D eigenvalue weighted by atomic mass is 16.5. The fraction of sp³-hybridized carbons (Fsp3) is 0.300. The summed E-state index contributed by atoms with van der Waals surface area (Å²) in [4.78, 5) is 0. The number of aryl methyl sites for hydroxylation is 2. The van der Waals surface area contributed by atoms with Gasteiger partial charge < -0.3 is 14.3 Å². The first-order valence-corrected chi connectivity index (χ1v) is 4.46. The summed E-state index contributed by atoms with van der Waals surface area (Å²) in [5, 5.41) is 6.88. The van der Waals surface area contributed by atoms with Crippen LogP contribution in [0.5, 0.6) is 0 Å². The first-order chi connectivity index (χ1) is 6.75. The van der Waals surface area contributed by atoms with Crippen LogP contribution in [0.3, 0.4) is 0 Å². The second-order valence-electron chi connectivity index (χ2n) is 3.18. The van der Waals surface area contributed by atoms with Gasteiger partial charge in [0.2, 0.25) is 0 Å². The van der Waals surface area contributed by atoms with E-state index in [0.717, 1.165) is 22.9 Å². The van der Waals surface area contributed by atoms with E-state index in [2.05, 4.69) is 10.5 Å². The number of aromatic nitrogens is 1. The summed E-state index contributed by atoms with van der Waals surface area (Å²) in [6.45, 7) is 4.59. The minimum atomic E-state index is 0.704. The zero-order chi connectivity index (χ0) is 9.97. The van der Waals surface area contributed by atoms with Gasteiger partial charge in [0.05, 0.1) is 0 Å². The zero-order valence-electron chi connectivity index (χ0n) is 8.20. The lowest BCUT2D eigenvalue weighted by atomic mass is 10.2. The molecule has 2 heterocycles. The maximum absolute atomic E-state index is 5.40. The van der Waals surface area contributed by atoms with Crippen LogP contribution in [0.15, 0.2) is 27.3 Å². The van der Waals surface area contributed by atoms with Crippen molar-refractivity contribution in [2.75, 3.05) is 5.32 Å². The summed E-state index contributed by atoms with van der Waals surface area (Å²) in [6, 6.07) is 3.80. The Bertz CT molecular complexity index is 404. The van der Waals surface area contributed by atoms with E-state index in [1.165, 1.54) is 6.26 Å². The molecule has 0 unspecified atom stereocenters. The fourth-order valence-electron chi connectivity index (χ4n) is 1.35. The van der Waals surface area contributed by atoms with Crippen molar-refractivity contribution in [1.29, 1.82) is 0 Å². The maximum atomic E-state index is 5.40. The molecule has 0 atom stereocenters. The minimum absolute atomic E-state index is 0.704. The lowest BCUT2D eigenvalue weighted by Crippen LogP contribution is -1.99. The van der Waals surface area contributed by atoms with E-state index in [1.807, 2.05) is 19.9 Å². The maximum Gasteiger partial charge on any atom is 0.169 e. The summed E-state index contributed by atoms with van der Waals surface area (Å²) in [5.41, 5.74) is 1.14. The van der Waals surface area contributed by atoms with Crippen molar-refractivity contribution in [3.63, 3.8) is 0 Å². The van der Waals surface area contributed by atoms with Crippen molar-refractivity contribution in [1.82, 2.24) is 5.16 Å². The van der Waals surface area contributed by atoms with E-state index in [9.17, 15) is 0 Å². The monoisotopic (exact) mass is 192 g/mol. The Morgan fingerprint density at radius 2 is 2.29 bits per heavy atom. The van der Waals surface area contributed by atoms with Gasteiger partial charge in [-0.3, -0.25) is 0 Å². The second kappa shape index (κ2) is 3.57. The normalized spacial score (nSPS) is 10.4. The number of anilines is 1. The Morgan fingerprint density at radius 1 is 1.43 bits per heavy atom. The third-order valence-corrected chi connectivity index (χ3v) is 2.04. The topological polar surface area (TPSA) is 51.2 Å². The van der Waals surface area contributed by atoms with Gasteiger partial charge in [0, 0.05) is 18.2 Å². The van der Waals surface area contributed by atoms with E-state index < -0.39 is 0 Å². The Morgan fingerprint density at radius 3 is 2.86 bits per heavy atom. The molecule has 14 heavy (non-hydrogen) atoms. The molecule has 1 N–H and O–H groups in total. The van der Waals surface area contributed by atoms with Gasteiger partial charge in [0.15, 0.2) is 5.82 Å². The molecule has 0 aromatic carbocycles. The number of rotatable bonds is 3. The average Bonchev–Trinajstić information content (AvgIpc) is 2.72. The number of hydrogen-bond donors (Lipinski definition) is 1. The van der Waals surface area contributed by atoms with Gasteiger partial charge in [-0.05, 0) is 19.9 Å². The van der Waals surface area contributed by atoms with Crippen molar-refractivity contribution in [2.45, 2.75) is 20.4 Å². The van der Waals surface area contributed by atoms with Gasteiger partial charge >= 0.3 is 0 Å². The lowest BCUT2D eigenvalue weighted by molar-refractivity contribution is 0.422. The van der Waals surface area contributed by atoms with Crippen LogP contribution < -0.4 is 5.32 Å². The van der Waals surface area contributed by atoms with Crippen LogP contribution in [-0.4, -0.2) is 5.16 Å². The number of hydrogen-bond acceptors (Lipinski definition) is 4. The van der Waals surface area contributed by atoms with Crippen molar-refractivity contribution < 1.29 is 8.94 Å². The molecule has 0 amide bonds. The molecule has 2 aromatic heterocycles. The molecule has 2 rings (SSSR count). The highest BCUT2D eigenvalue weighted by Crippen LogP contribution is 2.15. The average molecular weight is 192 g/mol. The zero-order valence-corrected chi connectivity index (χ0v) is 8.20. The van der Waals surface area contributed by atoms with Gasteiger partial charge in [-0.25, -0.2) is 0 Å². The third-order valence-electron chi connectivity index (χ3n) is 2.04. The van der Waals surface area contributed by atoms with Crippen molar-refractivity contribution >= 4 is 5.82 Å². The number of nitrogens with zero attached hydrogens (tertiary/aromatic N) is 1. The predicted molar refractivity (Wildman–Crippen MR) is 52.0 cm³/mol. The van der Waals surface area contributed by atoms with E-state index in [4.69, 9.17) is 8.94 Å². The lowest BCUT2D eigenvalue weighted by Gasteiger charge is -1.99. The molecule has 0 aliphatic carbocycles. The first-order valence-electron chi connectivity index (χ1n) is 4.46. The van der Waals surface area contributed by atoms with Crippen molar-refractivity contribution in [2.24, 2.45) is 0 Å². The quantitative estimate of drug-likeness (QED) is 0.811. The van der Waals surface area contributed by atoms with E-state index >= 15 is 0 Å². The minimum Gasteiger partial charge on any atom is -0.466 e. The van der Waals surface area contributed by atoms with E-state index in [-0.39, 0.29) is 0 Å². The number of nitrogens with one attached hydrogen (secondary N) is 1. The van der Waals surface area contributed by atoms with Crippen molar-refractivity contribution in [3.8, 4) is 0 Å². The molecule has 0 bridgehead atoms. The highest BCUT2D eigenvalue weighted by Gasteiger charge is 2.04. The summed E-state index contributed by atoms with van der Waals surface area (Å²) >= 11 is 0. The molecule has 74 valence electrons. The van der Waals surface area contributed by atoms with E-state index in [1.54, 1.807) is 6.07 Å². The molecule has 0 aliphatic rings. The van der Waals surface area contributed by atoms with Crippen LogP contribution in [0.25, 0.3) is 0 Å². The molecule has 0 fully saturated rings. The van der Waals surface area contributed by atoms with Gasteiger partial charge in [0.1, 0.15) is 17.8 Å². The molecule has 0 saturated heterocycles. The first kappa shape index (κ1) is 8.87. The third kappa shape index (κ3) is 1.79. The summed E-state index contributed by atoms with van der Waals surface area (Å²) in [5.74, 6) is 2.61. The molecule has 0 aliphatic heterocycles. The molecule has 4 nitrogen and oxygen atoms in total. The highest BCUT2D eigenvalue weighted by molar-refractivity contribution is 5.33. The Kier molecular flexibility index (Phi) is 2.26. The Hall–Kier alpha value is -1.71. The molecule has 2 aromatic rings. The Balaban J connectivity index is 2.01. The Labute approximate surface area is 81.9 Å². The largest absolute Gasteiger partial charge is 0.466 e. The van der Waals surface area contributed by atoms with Crippen LogP contribution in [0.2, 0.25) is 0 Å². The van der Waals surface area contributed by atoms with Crippen LogP contribution in [0.4, 0.5) is 5.82 Å². The van der Waals surface area contributed by atoms with Gasteiger partial charge in [-0.2, -0.15) is 0 Å². The smallest absolute Gasteiger partial charge is 0.169 e. The molecule has 0 spiro atoms. The van der Waals surface area contributed by atoms with Crippen LogP contribution in [0, 0.1) is 13.8 Å². The van der Waals surface area contributed by atoms with Crippen LogP contribution in [-0.2, 0) is 6.54 Å². The molecular formula is C10H12N2O2. The van der Waals surface area contributed by atoms with Gasteiger partial charge in [-0.1, -0.05) is 5.16 Å². The SMILES string of the molecule is Cc1cc(CNc2ccon2)c(C)o1. The molecule has 0 saturated carbocycles. The molecule has 4 heteroatoms. The molecule has 0 radical (unpaired) electrons. The summed E-state index contributed by atoms with van der Waals surface area (Å²) in [7, 11) is 0. The van der Waals surface area contributed by atoms with Gasteiger partial charge in [0.25, 0.3) is 0 Å².